The van der Waals surface area contributed by atoms with Crippen LogP contribution in [0.3, 0.4) is 0 Å². The average Bonchev–Trinajstić information content (AvgIpc) is 2.52. The van der Waals surface area contributed by atoms with Gasteiger partial charge in [-0.3, -0.25) is 4.79 Å². The number of aryl methyl sites for hydroxylation is 1. The minimum atomic E-state index is 0.0357. The zero-order valence-corrected chi connectivity index (χ0v) is 15.4. The highest BCUT2D eigenvalue weighted by Crippen LogP contribution is 2.20. The molecular weight excluding hydrogens is 304 g/mol. The van der Waals surface area contributed by atoms with Crippen LogP contribution in [0.4, 0.5) is 0 Å². The molecule has 1 amide bonds. The molecule has 3 N–H and O–H groups in total. The van der Waals surface area contributed by atoms with Crippen molar-refractivity contribution in [1.82, 2.24) is 16.0 Å². The molecule has 1 aromatic carbocycles. The topological polar surface area (TPSA) is 74.8 Å². The second kappa shape index (κ2) is 10.5. The van der Waals surface area contributed by atoms with Gasteiger partial charge < -0.3 is 20.7 Å². The lowest BCUT2D eigenvalue weighted by atomic mass is 10.1. The summed E-state index contributed by atoms with van der Waals surface area (Å²) in [7, 11) is 1.67. The first-order valence-electron chi connectivity index (χ1n) is 8.41. The van der Waals surface area contributed by atoms with E-state index in [9.17, 15) is 4.79 Å². The molecule has 6 heteroatoms. The molecule has 0 bridgehead atoms. The Balaban J connectivity index is 2.61. The molecule has 0 saturated heterocycles. The van der Waals surface area contributed by atoms with E-state index in [0.717, 1.165) is 23.4 Å². The summed E-state index contributed by atoms with van der Waals surface area (Å²) in [4.78, 5) is 16.2. The SMILES string of the molecule is CCNC(=NCc1ccc(C)cc1OC)NCCC(=O)NC(C)C. The highest BCUT2D eigenvalue weighted by molar-refractivity contribution is 5.81. The Labute approximate surface area is 145 Å². The van der Waals surface area contributed by atoms with Crippen LogP contribution in [0.15, 0.2) is 23.2 Å². The highest BCUT2D eigenvalue weighted by atomic mass is 16.5. The van der Waals surface area contributed by atoms with Gasteiger partial charge in [0.2, 0.25) is 5.91 Å². The second-order valence-corrected chi connectivity index (χ2v) is 5.91. The fourth-order valence-corrected chi connectivity index (χ4v) is 2.18. The third-order valence-electron chi connectivity index (χ3n) is 3.29. The molecule has 1 aromatic rings. The first-order valence-corrected chi connectivity index (χ1v) is 8.41. The Morgan fingerprint density at radius 1 is 1.29 bits per heavy atom. The third kappa shape index (κ3) is 7.35. The Morgan fingerprint density at radius 2 is 2.04 bits per heavy atom. The predicted molar refractivity (Wildman–Crippen MR) is 98.4 cm³/mol. The minimum absolute atomic E-state index is 0.0357. The predicted octanol–water partition coefficient (Wildman–Crippen LogP) is 1.97. The average molecular weight is 334 g/mol. The number of amides is 1. The van der Waals surface area contributed by atoms with Gasteiger partial charge in [-0.2, -0.15) is 0 Å². The zero-order chi connectivity index (χ0) is 17.9. The number of nitrogens with zero attached hydrogens (tertiary/aromatic N) is 1. The van der Waals surface area contributed by atoms with Crippen molar-refractivity contribution in [2.24, 2.45) is 4.99 Å². The number of aliphatic imine (C=N–C) groups is 1. The van der Waals surface area contributed by atoms with E-state index in [1.165, 1.54) is 0 Å². The number of carbonyl (C=O) groups is 1. The number of ether oxygens (including phenoxy) is 1. The summed E-state index contributed by atoms with van der Waals surface area (Å²) in [6.45, 7) is 9.75. The number of benzene rings is 1. The van der Waals surface area contributed by atoms with Crippen LogP contribution in [-0.2, 0) is 11.3 Å². The normalized spacial score (nSPS) is 11.3. The number of nitrogens with one attached hydrogen (secondary N) is 3. The molecule has 0 aliphatic rings. The van der Waals surface area contributed by atoms with Crippen LogP contribution in [0.5, 0.6) is 5.75 Å². The number of rotatable bonds is 8. The third-order valence-corrected chi connectivity index (χ3v) is 3.29. The summed E-state index contributed by atoms with van der Waals surface area (Å²) in [6, 6.07) is 6.23. The molecule has 0 saturated carbocycles. The monoisotopic (exact) mass is 334 g/mol. The molecule has 0 spiro atoms. The van der Waals surface area contributed by atoms with Crippen molar-refractivity contribution in [2.75, 3.05) is 20.2 Å². The Bertz CT molecular complexity index is 556. The standard InChI is InChI=1S/C18H30N4O2/c1-6-19-18(20-10-9-17(23)22-13(2)3)21-12-15-8-7-14(4)11-16(15)24-5/h7-8,11,13H,6,9-10,12H2,1-5H3,(H,22,23)(H2,19,20,21). The van der Waals surface area contributed by atoms with E-state index >= 15 is 0 Å². The van der Waals surface area contributed by atoms with Gasteiger partial charge in [-0.05, 0) is 39.3 Å². The zero-order valence-electron chi connectivity index (χ0n) is 15.4. The van der Waals surface area contributed by atoms with E-state index in [2.05, 4.69) is 20.9 Å². The van der Waals surface area contributed by atoms with Gasteiger partial charge in [0.15, 0.2) is 5.96 Å². The quantitative estimate of drug-likeness (QED) is 0.502. The van der Waals surface area contributed by atoms with Crippen LogP contribution in [0.25, 0.3) is 0 Å². The van der Waals surface area contributed by atoms with E-state index in [0.29, 0.717) is 25.5 Å². The van der Waals surface area contributed by atoms with Crippen LogP contribution in [-0.4, -0.2) is 38.1 Å². The van der Waals surface area contributed by atoms with Crippen LogP contribution in [0, 0.1) is 6.92 Å². The van der Waals surface area contributed by atoms with Gasteiger partial charge in [0.25, 0.3) is 0 Å². The molecule has 6 nitrogen and oxygen atoms in total. The van der Waals surface area contributed by atoms with E-state index < -0.39 is 0 Å². The lowest BCUT2D eigenvalue weighted by molar-refractivity contribution is -0.121. The van der Waals surface area contributed by atoms with Crippen molar-refractivity contribution in [1.29, 1.82) is 0 Å². The number of hydrogen-bond donors (Lipinski definition) is 3. The van der Waals surface area contributed by atoms with Crippen molar-refractivity contribution >= 4 is 11.9 Å². The van der Waals surface area contributed by atoms with Crippen LogP contribution >= 0.6 is 0 Å². The maximum Gasteiger partial charge on any atom is 0.221 e. The van der Waals surface area contributed by atoms with Gasteiger partial charge in [-0.15, -0.1) is 0 Å². The van der Waals surface area contributed by atoms with Crippen molar-refractivity contribution in [3.63, 3.8) is 0 Å². The van der Waals surface area contributed by atoms with Gasteiger partial charge in [-0.1, -0.05) is 12.1 Å². The molecule has 0 atom stereocenters. The largest absolute Gasteiger partial charge is 0.496 e. The molecule has 1 rings (SSSR count). The van der Waals surface area contributed by atoms with Crippen LogP contribution in [0.1, 0.15) is 38.3 Å². The lowest BCUT2D eigenvalue weighted by Gasteiger charge is -2.13. The molecular formula is C18H30N4O2. The lowest BCUT2D eigenvalue weighted by Crippen LogP contribution is -2.40. The smallest absolute Gasteiger partial charge is 0.221 e. The minimum Gasteiger partial charge on any atom is -0.496 e. The summed E-state index contributed by atoms with van der Waals surface area (Å²) in [6.07, 6.45) is 0.413. The molecule has 0 aliphatic heterocycles. The molecule has 0 fully saturated rings. The fraction of sp³-hybridized carbons (Fsp3) is 0.556. The first-order chi connectivity index (χ1) is 11.5. The van der Waals surface area contributed by atoms with Crippen molar-refractivity contribution in [3.8, 4) is 5.75 Å². The Hall–Kier alpha value is -2.24. The van der Waals surface area contributed by atoms with Gasteiger partial charge in [0, 0.05) is 31.1 Å². The molecule has 0 aliphatic carbocycles. The van der Waals surface area contributed by atoms with Crippen molar-refractivity contribution < 1.29 is 9.53 Å². The van der Waals surface area contributed by atoms with Crippen LogP contribution < -0.4 is 20.7 Å². The van der Waals surface area contributed by atoms with E-state index in [4.69, 9.17) is 4.74 Å². The highest BCUT2D eigenvalue weighted by Gasteiger charge is 2.05. The van der Waals surface area contributed by atoms with Gasteiger partial charge in [0.1, 0.15) is 5.75 Å². The Kier molecular flexibility index (Phi) is 8.68. The van der Waals surface area contributed by atoms with E-state index in [1.807, 2.05) is 45.9 Å². The number of hydrogen-bond acceptors (Lipinski definition) is 3. The maximum absolute atomic E-state index is 11.7. The fourth-order valence-electron chi connectivity index (χ4n) is 2.18. The van der Waals surface area contributed by atoms with Crippen molar-refractivity contribution in [3.05, 3.63) is 29.3 Å². The number of carbonyl (C=O) groups excluding carboxylic acids is 1. The van der Waals surface area contributed by atoms with Gasteiger partial charge >= 0.3 is 0 Å². The maximum atomic E-state index is 11.7. The summed E-state index contributed by atoms with van der Waals surface area (Å²) in [5.74, 6) is 1.57. The molecule has 0 radical (unpaired) electrons. The van der Waals surface area contributed by atoms with Crippen LogP contribution in [0.2, 0.25) is 0 Å². The first kappa shape index (κ1) is 19.8. The molecule has 0 heterocycles. The number of methoxy groups -OCH3 is 1. The number of guanidine groups is 1. The second-order valence-electron chi connectivity index (χ2n) is 5.91. The van der Waals surface area contributed by atoms with Gasteiger partial charge in [0.05, 0.1) is 13.7 Å². The summed E-state index contributed by atoms with van der Waals surface area (Å²) < 4.78 is 5.40. The van der Waals surface area contributed by atoms with Gasteiger partial charge in [-0.25, -0.2) is 4.99 Å². The van der Waals surface area contributed by atoms with Crippen molar-refractivity contribution in [2.45, 2.75) is 46.7 Å². The molecule has 24 heavy (non-hydrogen) atoms. The van der Waals surface area contributed by atoms with E-state index in [1.54, 1.807) is 7.11 Å². The summed E-state index contributed by atoms with van der Waals surface area (Å²) in [5, 5.41) is 9.23. The molecule has 0 unspecified atom stereocenters. The molecule has 134 valence electrons. The summed E-state index contributed by atoms with van der Waals surface area (Å²) in [5.41, 5.74) is 2.18. The Morgan fingerprint density at radius 3 is 2.67 bits per heavy atom. The molecule has 0 aromatic heterocycles. The summed E-state index contributed by atoms with van der Waals surface area (Å²) >= 11 is 0. The van der Waals surface area contributed by atoms with E-state index in [-0.39, 0.29) is 11.9 Å².